The molecule has 0 aliphatic carbocycles. The number of amides is 1. The van der Waals surface area contributed by atoms with E-state index in [1.165, 1.54) is 29.8 Å². The number of β-lactam (4-membered cyclic amide) rings is 1. The van der Waals surface area contributed by atoms with Gasteiger partial charge in [0.05, 0.1) is 11.8 Å². The van der Waals surface area contributed by atoms with E-state index in [0.29, 0.717) is 11.3 Å². The maximum absolute atomic E-state index is 11.4. The van der Waals surface area contributed by atoms with Crippen molar-refractivity contribution in [1.82, 2.24) is 4.90 Å². The number of hydrogen-bond donors (Lipinski definition) is 0. The van der Waals surface area contributed by atoms with Gasteiger partial charge >= 0.3 is 5.97 Å². The van der Waals surface area contributed by atoms with E-state index in [1.54, 1.807) is 0 Å². The maximum Gasteiger partial charge on any atom is 0.346 e. The van der Waals surface area contributed by atoms with Crippen LogP contribution in [0, 0.1) is 0 Å². The average molecular weight is 227 g/mol. The van der Waals surface area contributed by atoms with E-state index in [4.69, 9.17) is 4.74 Å². The summed E-state index contributed by atoms with van der Waals surface area (Å²) in [6.45, 7) is 1.13. The lowest BCUT2D eigenvalue weighted by Crippen LogP contribution is -2.44. The normalized spacial score (nSPS) is 23.0. The molecule has 0 radical (unpaired) electrons. The lowest BCUT2D eigenvalue weighted by atomic mass is 10.2. The number of ketones is 1. The van der Waals surface area contributed by atoms with E-state index in [0.717, 1.165) is 0 Å². The molecule has 5 nitrogen and oxygen atoms in total. The molecular formula is C9H9NO4S. The quantitative estimate of drug-likeness (QED) is 0.511. The number of fused-ring (bicyclic) bond motifs is 1. The van der Waals surface area contributed by atoms with Crippen LogP contribution < -0.4 is 0 Å². The third-order valence-electron chi connectivity index (χ3n) is 2.07. The summed E-state index contributed by atoms with van der Waals surface area (Å²) in [5, 5.41) is 0.0531. The number of nitrogens with zero attached hydrogens (tertiary/aromatic N) is 1. The van der Waals surface area contributed by atoms with Gasteiger partial charge in [-0.15, -0.1) is 0 Å². The molecule has 0 unspecified atom stereocenters. The predicted molar refractivity (Wildman–Crippen MR) is 52.6 cm³/mol. The lowest BCUT2D eigenvalue weighted by Gasteiger charge is -2.31. The molecule has 0 spiro atoms. The SMILES string of the molecule is CC(=O)COC(=O)C1=CN2C(=O)C[C@@H]2S1. The molecule has 80 valence electrons. The summed E-state index contributed by atoms with van der Waals surface area (Å²) < 4.78 is 4.73. The summed E-state index contributed by atoms with van der Waals surface area (Å²) in [6.07, 6.45) is 1.95. The molecule has 1 saturated heterocycles. The summed E-state index contributed by atoms with van der Waals surface area (Å²) >= 11 is 1.30. The van der Waals surface area contributed by atoms with E-state index in [2.05, 4.69) is 0 Å². The third kappa shape index (κ3) is 1.90. The van der Waals surface area contributed by atoms with Gasteiger partial charge < -0.3 is 9.64 Å². The second-order valence-electron chi connectivity index (χ2n) is 3.35. The van der Waals surface area contributed by atoms with E-state index in [-0.39, 0.29) is 23.7 Å². The molecular weight excluding hydrogens is 218 g/mol. The Morgan fingerprint density at radius 1 is 1.67 bits per heavy atom. The fourth-order valence-electron chi connectivity index (χ4n) is 1.30. The van der Waals surface area contributed by atoms with Crippen molar-refractivity contribution in [1.29, 1.82) is 0 Å². The molecule has 2 aliphatic heterocycles. The van der Waals surface area contributed by atoms with Crippen molar-refractivity contribution in [2.45, 2.75) is 18.7 Å². The highest BCUT2D eigenvalue weighted by molar-refractivity contribution is 8.04. The molecule has 6 heteroatoms. The van der Waals surface area contributed by atoms with Crippen molar-refractivity contribution in [2.75, 3.05) is 6.61 Å². The first-order chi connectivity index (χ1) is 7.08. The van der Waals surface area contributed by atoms with Gasteiger partial charge in [0.25, 0.3) is 0 Å². The van der Waals surface area contributed by atoms with Gasteiger partial charge in [0.2, 0.25) is 5.91 Å². The Kier molecular flexibility index (Phi) is 2.52. The Morgan fingerprint density at radius 2 is 2.40 bits per heavy atom. The maximum atomic E-state index is 11.4. The molecule has 2 aliphatic rings. The highest BCUT2D eigenvalue weighted by Gasteiger charge is 2.42. The fourth-order valence-corrected chi connectivity index (χ4v) is 2.44. The molecule has 0 aromatic heterocycles. The second kappa shape index (κ2) is 3.69. The van der Waals surface area contributed by atoms with Crippen molar-refractivity contribution in [3.8, 4) is 0 Å². The van der Waals surface area contributed by atoms with E-state index < -0.39 is 5.97 Å². The Balaban J connectivity index is 1.92. The van der Waals surface area contributed by atoms with Crippen LogP contribution in [0.25, 0.3) is 0 Å². The smallest absolute Gasteiger partial charge is 0.346 e. The number of hydrogen-bond acceptors (Lipinski definition) is 5. The van der Waals surface area contributed by atoms with Gasteiger partial charge in [-0.1, -0.05) is 11.8 Å². The Labute approximate surface area is 90.4 Å². The largest absolute Gasteiger partial charge is 0.454 e. The summed E-state index contributed by atoms with van der Waals surface area (Å²) in [5.74, 6) is -0.717. The van der Waals surface area contributed by atoms with Gasteiger partial charge in [0.1, 0.15) is 11.5 Å². The van der Waals surface area contributed by atoms with Gasteiger partial charge in [0.15, 0.2) is 5.78 Å². The van der Waals surface area contributed by atoms with Crippen molar-refractivity contribution < 1.29 is 19.1 Å². The molecule has 1 fully saturated rings. The summed E-state index contributed by atoms with van der Waals surface area (Å²) in [6, 6.07) is 0. The number of carbonyl (C=O) groups excluding carboxylic acids is 3. The zero-order valence-electron chi connectivity index (χ0n) is 8.06. The van der Waals surface area contributed by atoms with Gasteiger partial charge in [0, 0.05) is 6.20 Å². The van der Waals surface area contributed by atoms with Gasteiger partial charge in [-0.25, -0.2) is 4.79 Å². The molecule has 0 saturated carbocycles. The minimum Gasteiger partial charge on any atom is -0.454 e. The predicted octanol–water partition coefficient (Wildman–Crippen LogP) is 0.265. The zero-order chi connectivity index (χ0) is 11.0. The number of thioether (sulfide) groups is 1. The van der Waals surface area contributed by atoms with E-state index in [1.807, 2.05) is 0 Å². The molecule has 2 heterocycles. The highest BCUT2D eigenvalue weighted by Crippen LogP contribution is 2.41. The molecule has 15 heavy (non-hydrogen) atoms. The van der Waals surface area contributed by atoms with Crippen LogP contribution in [0.5, 0.6) is 0 Å². The molecule has 0 N–H and O–H groups in total. The molecule has 0 aromatic rings. The van der Waals surface area contributed by atoms with Crippen LogP contribution in [0.15, 0.2) is 11.1 Å². The van der Waals surface area contributed by atoms with Crippen LogP contribution in [0.1, 0.15) is 13.3 Å². The van der Waals surface area contributed by atoms with Gasteiger partial charge in [-0.3, -0.25) is 9.59 Å². The number of rotatable bonds is 3. The van der Waals surface area contributed by atoms with E-state index in [9.17, 15) is 14.4 Å². The number of carbonyl (C=O) groups is 3. The average Bonchev–Trinajstić information content (AvgIpc) is 2.52. The lowest BCUT2D eigenvalue weighted by molar-refractivity contribution is -0.142. The second-order valence-corrected chi connectivity index (χ2v) is 4.57. The molecule has 1 atom stereocenters. The fraction of sp³-hybridized carbons (Fsp3) is 0.444. The van der Waals surface area contributed by atoms with Crippen LogP contribution in [-0.4, -0.2) is 34.5 Å². The Morgan fingerprint density at radius 3 is 2.93 bits per heavy atom. The first-order valence-electron chi connectivity index (χ1n) is 4.44. The van der Waals surface area contributed by atoms with Crippen molar-refractivity contribution >= 4 is 29.4 Å². The minimum atomic E-state index is -0.530. The molecule has 2 rings (SSSR count). The first kappa shape index (κ1) is 10.2. The first-order valence-corrected chi connectivity index (χ1v) is 5.32. The van der Waals surface area contributed by atoms with Crippen molar-refractivity contribution in [3.63, 3.8) is 0 Å². The van der Waals surface area contributed by atoms with Crippen molar-refractivity contribution in [2.24, 2.45) is 0 Å². The van der Waals surface area contributed by atoms with Crippen LogP contribution in [-0.2, 0) is 19.1 Å². The minimum absolute atomic E-state index is 0.0156. The number of Topliss-reactive ketones (excluding diaryl/α,β-unsaturated/α-hetero) is 1. The van der Waals surface area contributed by atoms with Gasteiger partial charge in [-0.05, 0) is 6.92 Å². The zero-order valence-corrected chi connectivity index (χ0v) is 8.87. The molecule has 0 bridgehead atoms. The third-order valence-corrected chi connectivity index (χ3v) is 3.27. The number of esters is 1. The summed E-state index contributed by atoms with van der Waals surface area (Å²) in [7, 11) is 0. The highest BCUT2D eigenvalue weighted by atomic mass is 32.2. The van der Waals surface area contributed by atoms with Crippen LogP contribution >= 0.6 is 11.8 Å². The monoisotopic (exact) mass is 227 g/mol. The van der Waals surface area contributed by atoms with Crippen LogP contribution in [0.2, 0.25) is 0 Å². The number of ether oxygens (including phenoxy) is 1. The van der Waals surface area contributed by atoms with Gasteiger partial charge in [-0.2, -0.15) is 0 Å². The van der Waals surface area contributed by atoms with Crippen LogP contribution in [0.3, 0.4) is 0 Å². The Bertz CT molecular complexity index is 376. The molecule has 0 aromatic carbocycles. The van der Waals surface area contributed by atoms with Crippen molar-refractivity contribution in [3.05, 3.63) is 11.1 Å². The summed E-state index contributed by atoms with van der Waals surface area (Å²) in [5.41, 5.74) is 0. The standard InChI is InChI=1S/C9H9NO4S/c1-5(11)4-14-9(13)6-3-10-7(12)2-8(10)15-6/h3,8H,2,4H2,1H3/t8-/m0/s1. The summed E-state index contributed by atoms with van der Waals surface area (Å²) in [4.78, 5) is 34.9. The van der Waals surface area contributed by atoms with E-state index >= 15 is 0 Å². The Hall–Kier alpha value is -1.30. The molecule has 1 amide bonds. The topological polar surface area (TPSA) is 63.7 Å². The van der Waals surface area contributed by atoms with Crippen LogP contribution in [0.4, 0.5) is 0 Å².